The quantitative estimate of drug-likeness (QED) is 0.356. The summed E-state index contributed by atoms with van der Waals surface area (Å²) in [5.41, 5.74) is 2.35. The first-order valence-electron chi connectivity index (χ1n) is 10.5. The van der Waals surface area contributed by atoms with Crippen LogP contribution in [-0.4, -0.2) is 30.4 Å². The van der Waals surface area contributed by atoms with Gasteiger partial charge in [0.15, 0.2) is 0 Å². The maximum Gasteiger partial charge on any atom is 0.267 e. The molecule has 0 saturated heterocycles. The Labute approximate surface area is 200 Å². The second kappa shape index (κ2) is 9.24. The average Bonchev–Trinajstić information content (AvgIpc) is 3.51. The summed E-state index contributed by atoms with van der Waals surface area (Å²) in [6.45, 7) is 3.65. The van der Waals surface area contributed by atoms with Gasteiger partial charge in [0.2, 0.25) is 5.88 Å². The molecule has 34 heavy (non-hydrogen) atoms. The second-order valence-corrected chi connectivity index (χ2v) is 8.46. The van der Waals surface area contributed by atoms with Gasteiger partial charge in [0.05, 0.1) is 5.69 Å². The predicted molar refractivity (Wildman–Crippen MR) is 131 cm³/mol. The lowest BCUT2D eigenvalue weighted by Crippen LogP contribution is -2.11. The van der Waals surface area contributed by atoms with Gasteiger partial charge in [-0.3, -0.25) is 9.36 Å². The maximum absolute atomic E-state index is 12.8. The van der Waals surface area contributed by atoms with Crippen LogP contribution in [0, 0.1) is 13.8 Å². The minimum absolute atomic E-state index is 0.192. The third-order valence-corrected chi connectivity index (χ3v) is 6.13. The van der Waals surface area contributed by atoms with Crippen LogP contribution in [0.2, 0.25) is 0 Å². The molecule has 3 aromatic heterocycles. The number of anilines is 1. The van der Waals surface area contributed by atoms with Crippen LogP contribution in [-0.2, 0) is 0 Å². The van der Waals surface area contributed by atoms with E-state index in [4.69, 9.17) is 4.74 Å². The molecule has 5 rings (SSSR count). The van der Waals surface area contributed by atoms with Crippen molar-refractivity contribution in [3.05, 3.63) is 95.8 Å². The number of nitrogens with zero attached hydrogens (tertiary/aromatic N) is 5. The fraction of sp³-hybridized carbons (Fsp3) is 0.0800. The number of rotatable bonds is 6. The Balaban J connectivity index is 1.28. The van der Waals surface area contributed by atoms with Gasteiger partial charge < -0.3 is 10.1 Å². The summed E-state index contributed by atoms with van der Waals surface area (Å²) in [5.74, 6) is 2.07. The van der Waals surface area contributed by atoms with E-state index in [2.05, 4.69) is 25.3 Å². The van der Waals surface area contributed by atoms with Gasteiger partial charge in [0.1, 0.15) is 33.6 Å². The van der Waals surface area contributed by atoms with Crippen molar-refractivity contribution in [1.82, 2.24) is 24.5 Å². The van der Waals surface area contributed by atoms with Crippen molar-refractivity contribution in [1.29, 1.82) is 0 Å². The molecule has 0 bridgehead atoms. The normalized spacial score (nSPS) is 10.8. The molecule has 0 fully saturated rings. The molecule has 5 aromatic rings. The Bertz CT molecular complexity index is 1430. The molecule has 1 amide bonds. The van der Waals surface area contributed by atoms with Crippen molar-refractivity contribution in [2.45, 2.75) is 13.8 Å². The van der Waals surface area contributed by atoms with Gasteiger partial charge in [0.25, 0.3) is 5.91 Å². The SMILES string of the molecule is Cc1nc(Oc2ccc(NC(=O)c3sc(-c4ccccc4)nc3C)cc2)cc(-n2ccnc2)n1. The van der Waals surface area contributed by atoms with E-state index < -0.39 is 0 Å². The molecule has 0 spiro atoms. The Hall–Kier alpha value is -4.37. The van der Waals surface area contributed by atoms with Crippen LogP contribution in [0.5, 0.6) is 11.6 Å². The van der Waals surface area contributed by atoms with Gasteiger partial charge in [-0.25, -0.2) is 15.0 Å². The van der Waals surface area contributed by atoms with E-state index in [1.54, 1.807) is 60.5 Å². The number of nitrogens with one attached hydrogen (secondary N) is 1. The Morgan fingerprint density at radius 1 is 1.00 bits per heavy atom. The number of carbonyl (C=O) groups is 1. The number of thiazole rings is 1. The topological polar surface area (TPSA) is 94.8 Å². The minimum Gasteiger partial charge on any atom is -0.439 e. The highest BCUT2D eigenvalue weighted by Crippen LogP contribution is 2.29. The minimum atomic E-state index is -0.192. The molecule has 0 aliphatic carbocycles. The van der Waals surface area contributed by atoms with Gasteiger partial charge in [-0.05, 0) is 38.1 Å². The number of carbonyl (C=O) groups excluding carboxylic acids is 1. The summed E-state index contributed by atoms with van der Waals surface area (Å²) >= 11 is 1.38. The van der Waals surface area contributed by atoms with E-state index in [-0.39, 0.29) is 5.91 Å². The molecule has 2 aromatic carbocycles. The zero-order chi connectivity index (χ0) is 23.5. The first kappa shape index (κ1) is 21.5. The van der Waals surface area contributed by atoms with Crippen LogP contribution >= 0.6 is 11.3 Å². The molecule has 9 heteroatoms. The summed E-state index contributed by atoms with van der Waals surface area (Å²) in [6.07, 6.45) is 5.15. The van der Waals surface area contributed by atoms with Crippen LogP contribution in [0.15, 0.2) is 79.4 Å². The highest BCUT2D eigenvalue weighted by atomic mass is 32.1. The third-order valence-electron chi connectivity index (χ3n) is 4.93. The van der Waals surface area contributed by atoms with E-state index >= 15 is 0 Å². The Morgan fingerprint density at radius 3 is 2.53 bits per heavy atom. The standard InChI is InChI=1S/C25H20N6O2S/c1-16-23(34-25(27-16)18-6-4-3-5-7-18)24(32)30-19-8-10-20(11-9-19)33-22-14-21(28-17(2)29-22)31-13-12-26-15-31/h3-15H,1-2H3,(H,30,32). The number of ether oxygens (including phenoxy) is 1. The highest BCUT2D eigenvalue weighted by molar-refractivity contribution is 7.17. The van der Waals surface area contributed by atoms with Crippen molar-refractivity contribution in [2.75, 3.05) is 5.32 Å². The molecule has 3 heterocycles. The fourth-order valence-corrected chi connectivity index (χ4v) is 4.30. The van der Waals surface area contributed by atoms with E-state index in [9.17, 15) is 4.79 Å². The number of amides is 1. The van der Waals surface area contributed by atoms with Crippen molar-refractivity contribution < 1.29 is 9.53 Å². The molecular weight excluding hydrogens is 448 g/mol. The third kappa shape index (κ3) is 4.69. The maximum atomic E-state index is 12.8. The van der Waals surface area contributed by atoms with Gasteiger partial charge >= 0.3 is 0 Å². The molecule has 0 atom stereocenters. The molecule has 0 aliphatic heterocycles. The van der Waals surface area contributed by atoms with Crippen LogP contribution < -0.4 is 10.1 Å². The highest BCUT2D eigenvalue weighted by Gasteiger charge is 2.16. The first-order chi connectivity index (χ1) is 16.5. The number of aromatic nitrogens is 5. The average molecular weight is 469 g/mol. The summed E-state index contributed by atoms with van der Waals surface area (Å²) in [4.78, 5) is 30.8. The van der Waals surface area contributed by atoms with Gasteiger partial charge in [-0.1, -0.05) is 30.3 Å². The van der Waals surface area contributed by atoms with Crippen LogP contribution in [0.3, 0.4) is 0 Å². The summed E-state index contributed by atoms with van der Waals surface area (Å²) in [7, 11) is 0. The van der Waals surface area contributed by atoms with Crippen molar-refractivity contribution in [3.63, 3.8) is 0 Å². The Morgan fingerprint density at radius 2 is 1.79 bits per heavy atom. The monoisotopic (exact) mass is 468 g/mol. The number of hydrogen-bond donors (Lipinski definition) is 1. The molecule has 0 aliphatic rings. The zero-order valence-electron chi connectivity index (χ0n) is 18.5. The molecule has 168 valence electrons. The summed E-state index contributed by atoms with van der Waals surface area (Å²) in [5, 5.41) is 3.75. The van der Waals surface area contributed by atoms with E-state index in [1.165, 1.54) is 11.3 Å². The molecule has 1 N–H and O–H groups in total. The number of hydrogen-bond acceptors (Lipinski definition) is 7. The van der Waals surface area contributed by atoms with Crippen molar-refractivity contribution in [3.8, 4) is 28.0 Å². The zero-order valence-corrected chi connectivity index (χ0v) is 19.3. The molecule has 0 unspecified atom stereocenters. The number of imidazole rings is 1. The first-order valence-corrected chi connectivity index (χ1v) is 11.3. The van der Waals surface area contributed by atoms with Crippen LogP contribution in [0.4, 0.5) is 5.69 Å². The molecule has 8 nitrogen and oxygen atoms in total. The van der Waals surface area contributed by atoms with Gasteiger partial charge in [-0.15, -0.1) is 11.3 Å². The predicted octanol–water partition coefficient (Wildman–Crippen LogP) is 5.45. The Kier molecular flexibility index (Phi) is 5.84. The van der Waals surface area contributed by atoms with Crippen LogP contribution in [0.1, 0.15) is 21.2 Å². The van der Waals surface area contributed by atoms with E-state index in [0.29, 0.717) is 39.5 Å². The fourth-order valence-electron chi connectivity index (χ4n) is 3.33. The van der Waals surface area contributed by atoms with E-state index in [1.807, 2.05) is 37.3 Å². The number of benzene rings is 2. The summed E-state index contributed by atoms with van der Waals surface area (Å²) < 4.78 is 7.69. The molecule has 0 radical (unpaired) electrons. The van der Waals surface area contributed by atoms with Crippen LogP contribution in [0.25, 0.3) is 16.4 Å². The lowest BCUT2D eigenvalue weighted by Gasteiger charge is -2.09. The molecular formula is C25H20N6O2S. The van der Waals surface area contributed by atoms with Gasteiger partial charge in [0, 0.05) is 29.7 Å². The largest absolute Gasteiger partial charge is 0.439 e. The van der Waals surface area contributed by atoms with Crippen molar-refractivity contribution >= 4 is 22.9 Å². The second-order valence-electron chi connectivity index (χ2n) is 7.46. The smallest absolute Gasteiger partial charge is 0.267 e. The van der Waals surface area contributed by atoms with Gasteiger partial charge in [-0.2, -0.15) is 4.98 Å². The lowest BCUT2D eigenvalue weighted by molar-refractivity contribution is 0.103. The summed E-state index contributed by atoms with van der Waals surface area (Å²) in [6, 6.07) is 18.7. The van der Waals surface area contributed by atoms with E-state index in [0.717, 1.165) is 10.6 Å². The van der Waals surface area contributed by atoms with Crippen molar-refractivity contribution in [2.24, 2.45) is 0 Å². The molecule has 0 saturated carbocycles. The lowest BCUT2D eigenvalue weighted by atomic mass is 10.2. The number of aryl methyl sites for hydroxylation is 2.